The Labute approximate surface area is 143 Å². The van der Waals surface area contributed by atoms with Crippen molar-refractivity contribution in [3.05, 3.63) is 65.2 Å². The van der Waals surface area contributed by atoms with Crippen molar-refractivity contribution in [2.75, 3.05) is 20.2 Å². The van der Waals surface area contributed by atoms with Crippen LogP contribution in [0.3, 0.4) is 0 Å². The fourth-order valence-corrected chi connectivity index (χ4v) is 4.57. The Morgan fingerprint density at radius 1 is 1.17 bits per heavy atom. The summed E-state index contributed by atoms with van der Waals surface area (Å²) in [6, 6.07) is 15.3. The van der Waals surface area contributed by atoms with E-state index in [1.807, 2.05) is 42.5 Å². The van der Waals surface area contributed by atoms with Crippen LogP contribution in [-0.2, 0) is 16.6 Å². The molecule has 128 valence electrons. The van der Waals surface area contributed by atoms with Crippen molar-refractivity contribution in [2.24, 2.45) is 0 Å². The number of nitrogens with zero attached hydrogens (tertiary/aromatic N) is 1. The van der Waals surface area contributed by atoms with Gasteiger partial charge < -0.3 is 4.74 Å². The predicted molar refractivity (Wildman–Crippen MR) is 94.3 cm³/mol. The number of hydrogen-bond donors (Lipinski definition) is 1. The second kappa shape index (κ2) is 6.93. The molecule has 0 aliphatic carbocycles. The normalized spacial score (nSPS) is 18.2. The minimum absolute atomic E-state index is 0.329. The first-order valence-electron chi connectivity index (χ1n) is 8.05. The van der Waals surface area contributed by atoms with Gasteiger partial charge in [-0.05, 0) is 35.2 Å². The molecule has 1 aliphatic rings. The molecule has 2 aromatic carbocycles. The van der Waals surface area contributed by atoms with Crippen LogP contribution in [0.2, 0.25) is 0 Å². The van der Waals surface area contributed by atoms with Crippen molar-refractivity contribution in [1.29, 1.82) is 0 Å². The second-order valence-electron chi connectivity index (χ2n) is 5.74. The van der Waals surface area contributed by atoms with Crippen molar-refractivity contribution < 1.29 is 13.2 Å². The summed E-state index contributed by atoms with van der Waals surface area (Å²) in [6.45, 7) is 2.62. The molecular weight excluding hydrogens is 324 g/mol. The van der Waals surface area contributed by atoms with E-state index < -0.39 is 10.2 Å². The maximum absolute atomic E-state index is 12.7. The van der Waals surface area contributed by atoms with Gasteiger partial charge in [0, 0.05) is 13.1 Å². The molecule has 0 saturated heterocycles. The molecule has 2 aromatic rings. The number of rotatable bonds is 5. The van der Waals surface area contributed by atoms with Gasteiger partial charge in [0.2, 0.25) is 0 Å². The molecule has 5 nitrogen and oxygen atoms in total. The topological polar surface area (TPSA) is 58.6 Å². The standard InChI is InChI=1S/C18H22N2O3S/c1-3-19-24(21,22)20-13-12-14-6-4-5-7-17(14)18(20)15-8-10-16(23-2)11-9-15/h4-11,18-19H,3,12-13H2,1-2H3. The van der Waals surface area contributed by atoms with Crippen molar-refractivity contribution in [3.8, 4) is 5.75 Å². The minimum Gasteiger partial charge on any atom is -0.497 e. The SMILES string of the molecule is CCNS(=O)(=O)N1CCc2ccccc2C1c1ccc(OC)cc1. The fraction of sp³-hybridized carbons (Fsp3) is 0.333. The van der Waals surface area contributed by atoms with Gasteiger partial charge in [-0.25, -0.2) is 4.72 Å². The quantitative estimate of drug-likeness (QED) is 0.905. The Morgan fingerprint density at radius 2 is 1.88 bits per heavy atom. The van der Waals surface area contributed by atoms with Crippen molar-refractivity contribution in [3.63, 3.8) is 0 Å². The molecule has 6 heteroatoms. The van der Waals surface area contributed by atoms with E-state index in [-0.39, 0.29) is 6.04 Å². The van der Waals surface area contributed by atoms with Gasteiger partial charge in [0.1, 0.15) is 5.75 Å². The lowest BCUT2D eigenvalue weighted by atomic mass is 9.90. The summed E-state index contributed by atoms with van der Waals surface area (Å²) in [4.78, 5) is 0. The van der Waals surface area contributed by atoms with Gasteiger partial charge in [0.05, 0.1) is 13.2 Å². The Balaban J connectivity index is 2.10. The van der Waals surface area contributed by atoms with E-state index in [2.05, 4.69) is 10.8 Å². The van der Waals surface area contributed by atoms with E-state index in [1.165, 1.54) is 5.56 Å². The molecule has 0 radical (unpaired) electrons. The van der Waals surface area contributed by atoms with Gasteiger partial charge >= 0.3 is 0 Å². The van der Waals surface area contributed by atoms with Crippen LogP contribution in [0.1, 0.15) is 29.7 Å². The van der Waals surface area contributed by atoms with Crippen LogP contribution in [0, 0.1) is 0 Å². The van der Waals surface area contributed by atoms with Crippen LogP contribution in [0.15, 0.2) is 48.5 Å². The summed E-state index contributed by atoms with van der Waals surface area (Å²) in [5.74, 6) is 0.754. The number of methoxy groups -OCH3 is 1. The first kappa shape index (κ1) is 17.0. The van der Waals surface area contributed by atoms with Crippen LogP contribution in [-0.4, -0.2) is 32.9 Å². The number of fused-ring (bicyclic) bond motifs is 1. The molecule has 0 spiro atoms. The number of nitrogens with one attached hydrogen (secondary N) is 1. The highest BCUT2D eigenvalue weighted by molar-refractivity contribution is 7.87. The zero-order valence-corrected chi connectivity index (χ0v) is 14.7. The van der Waals surface area contributed by atoms with E-state index in [0.29, 0.717) is 19.5 Å². The molecule has 0 fully saturated rings. The molecule has 24 heavy (non-hydrogen) atoms. The van der Waals surface area contributed by atoms with Crippen LogP contribution >= 0.6 is 0 Å². The summed E-state index contributed by atoms with van der Waals surface area (Å²) in [7, 11) is -1.92. The molecule has 0 amide bonds. The van der Waals surface area contributed by atoms with Crippen LogP contribution in [0.5, 0.6) is 5.75 Å². The lowest BCUT2D eigenvalue weighted by molar-refractivity contribution is 0.338. The number of hydrogen-bond acceptors (Lipinski definition) is 3. The van der Waals surface area contributed by atoms with E-state index >= 15 is 0 Å². The van der Waals surface area contributed by atoms with Gasteiger partial charge in [0.25, 0.3) is 10.2 Å². The zero-order chi connectivity index (χ0) is 17.2. The molecule has 0 saturated carbocycles. The molecule has 3 rings (SSSR count). The highest BCUT2D eigenvalue weighted by Crippen LogP contribution is 2.37. The lowest BCUT2D eigenvalue weighted by Gasteiger charge is -2.36. The van der Waals surface area contributed by atoms with Gasteiger partial charge in [-0.1, -0.05) is 43.3 Å². The highest BCUT2D eigenvalue weighted by Gasteiger charge is 2.35. The first-order chi connectivity index (χ1) is 11.6. The molecule has 1 atom stereocenters. The van der Waals surface area contributed by atoms with Gasteiger partial charge in [-0.15, -0.1) is 0 Å². The van der Waals surface area contributed by atoms with Crippen LogP contribution < -0.4 is 9.46 Å². The molecule has 1 unspecified atom stereocenters. The largest absolute Gasteiger partial charge is 0.497 e. The summed E-state index contributed by atoms with van der Waals surface area (Å²) in [5, 5.41) is 0. The Kier molecular flexibility index (Phi) is 4.89. The smallest absolute Gasteiger partial charge is 0.280 e. The van der Waals surface area contributed by atoms with Crippen LogP contribution in [0.25, 0.3) is 0 Å². The third-order valence-corrected chi connectivity index (χ3v) is 5.97. The molecule has 1 aliphatic heterocycles. The molecular formula is C18H22N2O3S. The highest BCUT2D eigenvalue weighted by atomic mass is 32.2. The molecule has 1 heterocycles. The summed E-state index contributed by atoms with van der Waals surface area (Å²) < 4.78 is 34.8. The minimum atomic E-state index is -3.54. The van der Waals surface area contributed by atoms with E-state index in [4.69, 9.17) is 4.74 Å². The summed E-state index contributed by atoms with van der Waals surface area (Å²) >= 11 is 0. The predicted octanol–water partition coefficient (Wildman–Crippen LogP) is 2.50. The molecule has 1 N–H and O–H groups in total. The maximum Gasteiger partial charge on any atom is 0.280 e. The van der Waals surface area contributed by atoms with Gasteiger partial charge in [0.15, 0.2) is 0 Å². The monoisotopic (exact) mass is 346 g/mol. The van der Waals surface area contributed by atoms with Crippen molar-refractivity contribution in [1.82, 2.24) is 9.03 Å². The third kappa shape index (κ3) is 3.17. The van der Waals surface area contributed by atoms with Crippen molar-refractivity contribution >= 4 is 10.2 Å². The van der Waals surface area contributed by atoms with E-state index in [1.54, 1.807) is 18.3 Å². The molecule has 0 aromatic heterocycles. The first-order valence-corrected chi connectivity index (χ1v) is 9.49. The fourth-order valence-electron chi connectivity index (χ4n) is 3.20. The average Bonchev–Trinajstić information content (AvgIpc) is 2.61. The maximum atomic E-state index is 12.7. The Bertz CT molecular complexity index is 803. The summed E-state index contributed by atoms with van der Waals surface area (Å²) in [5.41, 5.74) is 3.17. The van der Waals surface area contributed by atoms with Crippen LogP contribution in [0.4, 0.5) is 0 Å². The van der Waals surface area contributed by atoms with E-state index in [0.717, 1.165) is 16.9 Å². The van der Waals surface area contributed by atoms with Gasteiger partial charge in [-0.2, -0.15) is 12.7 Å². The van der Waals surface area contributed by atoms with Gasteiger partial charge in [-0.3, -0.25) is 0 Å². The average molecular weight is 346 g/mol. The Hall–Kier alpha value is -1.89. The lowest BCUT2D eigenvalue weighted by Crippen LogP contribution is -2.46. The number of ether oxygens (including phenoxy) is 1. The second-order valence-corrected chi connectivity index (χ2v) is 7.45. The zero-order valence-electron chi connectivity index (χ0n) is 13.9. The van der Waals surface area contributed by atoms with Crippen molar-refractivity contribution in [2.45, 2.75) is 19.4 Å². The van der Waals surface area contributed by atoms with E-state index in [9.17, 15) is 8.42 Å². The Morgan fingerprint density at radius 3 is 2.54 bits per heavy atom. The molecule has 0 bridgehead atoms. The number of benzene rings is 2. The summed E-state index contributed by atoms with van der Waals surface area (Å²) in [6.07, 6.45) is 0.716. The third-order valence-electron chi connectivity index (χ3n) is 4.31.